The van der Waals surface area contributed by atoms with Crippen LogP contribution >= 0.6 is 11.6 Å². The molecule has 4 rings (SSSR count). The van der Waals surface area contributed by atoms with E-state index in [0.717, 1.165) is 29.7 Å². The van der Waals surface area contributed by atoms with Crippen LogP contribution in [0.25, 0.3) is 0 Å². The van der Waals surface area contributed by atoms with Gasteiger partial charge in [-0.05, 0) is 41.8 Å². The first-order chi connectivity index (χ1) is 15.6. The van der Waals surface area contributed by atoms with Gasteiger partial charge in [-0.25, -0.2) is 0 Å². The Kier molecular flexibility index (Phi) is 7.07. The summed E-state index contributed by atoms with van der Waals surface area (Å²) in [5.74, 6) is 0.614. The number of hydrogen-bond acceptors (Lipinski definition) is 3. The Morgan fingerprint density at radius 3 is 2.47 bits per heavy atom. The van der Waals surface area contributed by atoms with E-state index in [2.05, 4.69) is 5.32 Å². The molecule has 1 aliphatic rings. The zero-order valence-corrected chi connectivity index (χ0v) is 18.5. The van der Waals surface area contributed by atoms with Crippen molar-refractivity contribution in [2.24, 2.45) is 0 Å². The van der Waals surface area contributed by atoms with E-state index in [0.29, 0.717) is 42.5 Å². The first-order valence-corrected chi connectivity index (χ1v) is 11.1. The van der Waals surface area contributed by atoms with Gasteiger partial charge in [-0.2, -0.15) is 0 Å². The van der Waals surface area contributed by atoms with E-state index in [1.807, 2.05) is 59.5 Å². The van der Waals surface area contributed by atoms with Crippen molar-refractivity contribution in [3.05, 3.63) is 100 Å². The fourth-order valence-electron chi connectivity index (χ4n) is 3.74. The van der Waals surface area contributed by atoms with Gasteiger partial charge in [-0.1, -0.05) is 60.1 Å². The summed E-state index contributed by atoms with van der Waals surface area (Å²) in [5, 5.41) is 3.63. The van der Waals surface area contributed by atoms with Crippen LogP contribution < -0.4 is 10.1 Å². The topological polar surface area (TPSA) is 58.6 Å². The van der Waals surface area contributed by atoms with Gasteiger partial charge in [0.1, 0.15) is 12.4 Å². The van der Waals surface area contributed by atoms with Crippen molar-refractivity contribution in [1.82, 2.24) is 10.2 Å². The second-order valence-electron chi connectivity index (χ2n) is 7.78. The Morgan fingerprint density at radius 1 is 0.969 bits per heavy atom. The Morgan fingerprint density at radius 2 is 1.72 bits per heavy atom. The summed E-state index contributed by atoms with van der Waals surface area (Å²) < 4.78 is 5.83. The minimum atomic E-state index is -0.180. The fraction of sp³-hybridized carbons (Fsp3) is 0.231. The SMILES string of the molecule is O=C(NCc1ccccc1CN1CCCC1=O)c1cccc(OCc2ccccc2Cl)c1. The monoisotopic (exact) mass is 448 g/mol. The third-order valence-corrected chi connectivity index (χ3v) is 5.91. The molecule has 1 saturated heterocycles. The summed E-state index contributed by atoms with van der Waals surface area (Å²) in [6.07, 6.45) is 1.53. The maximum atomic E-state index is 12.8. The smallest absolute Gasteiger partial charge is 0.251 e. The highest BCUT2D eigenvalue weighted by atomic mass is 35.5. The van der Waals surface area contributed by atoms with Gasteiger partial charge < -0.3 is 15.0 Å². The fourth-order valence-corrected chi connectivity index (χ4v) is 3.93. The van der Waals surface area contributed by atoms with Crippen LogP contribution in [0.2, 0.25) is 5.02 Å². The maximum Gasteiger partial charge on any atom is 0.251 e. The second-order valence-corrected chi connectivity index (χ2v) is 8.19. The Labute approximate surface area is 193 Å². The third kappa shape index (κ3) is 5.48. The molecule has 3 aromatic rings. The summed E-state index contributed by atoms with van der Waals surface area (Å²) in [6, 6.07) is 22.5. The maximum absolute atomic E-state index is 12.8. The lowest BCUT2D eigenvalue weighted by Gasteiger charge is -2.18. The normalized spacial score (nSPS) is 13.3. The minimum absolute atomic E-state index is 0.180. The van der Waals surface area contributed by atoms with Crippen LogP contribution in [0.5, 0.6) is 5.75 Å². The van der Waals surface area contributed by atoms with Gasteiger partial charge in [0, 0.05) is 42.2 Å². The van der Waals surface area contributed by atoms with Crippen molar-refractivity contribution in [2.75, 3.05) is 6.54 Å². The number of likely N-dealkylation sites (tertiary alicyclic amines) is 1. The van der Waals surface area contributed by atoms with E-state index in [1.54, 1.807) is 18.2 Å². The average Bonchev–Trinajstić information content (AvgIpc) is 3.22. The van der Waals surface area contributed by atoms with Crippen molar-refractivity contribution < 1.29 is 14.3 Å². The number of benzene rings is 3. The number of hydrogen-bond donors (Lipinski definition) is 1. The first-order valence-electron chi connectivity index (χ1n) is 10.7. The minimum Gasteiger partial charge on any atom is -0.489 e. The van der Waals surface area contributed by atoms with Crippen molar-refractivity contribution in [1.29, 1.82) is 0 Å². The van der Waals surface area contributed by atoms with Crippen molar-refractivity contribution in [3.63, 3.8) is 0 Å². The zero-order valence-electron chi connectivity index (χ0n) is 17.7. The summed E-state index contributed by atoms with van der Waals surface area (Å²) in [6.45, 7) is 2.09. The Balaban J connectivity index is 1.37. The van der Waals surface area contributed by atoms with Crippen LogP contribution in [-0.2, 0) is 24.5 Å². The molecular formula is C26H25ClN2O3. The lowest BCUT2D eigenvalue weighted by Crippen LogP contribution is -2.26. The molecule has 6 heteroatoms. The quantitative estimate of drug-likeness (QED) is 0.529. The number of nitrogens with zero attached hydrogens (tertiary/aromatic N) is 1. The number of carbonyl (C=O) groups is 2. The molecule has 0 spiro atoms. The summed E-state index contributed by atoms with van der Waals surface area (Å²) >= 11 is 6.18. The molecule has 0 radical (unpaired) electrons. The largest absolute Gasteiger partial charge is 0.489 e. The molecule has 0 aromatic heterocycles. The van der Waals surface area contributed by atoms with Crippen LogP contribution in [0.15, 0.2) is 72.8 Å². The zero-order chi connectivity index (χ0) is 22.3. The van der Waals surface area contributed by atoms with E-state index in [-0.39, 0.29) is 11.8 Å². The van der Waals surface area contributed by atoms with Gasteiger partial charge in [-0.15, -0.1) is 0 Å². The predicted molar refractivity (Wildman–Crippen MR) is 124 cm³/mol. The van der Waals surface area contributed by atoms with Crippen LogP contribution in [0.1, 0.15) is 39.9 Å². The number of carbonyl (C=O) groups excluding carboxylic acids is 2. The molecule has 3 aromatic carbocycles. The molecule has 1 fully saturated rings. The van der Waals surface area contributed by atoms with Gasteiger partial charge in [0.05, 0.1) is 0 Å². The molecule has 0 aliphatic carbocycles. The van der Waals surface area contributed by atoms with Gasteiger partial charge in [-0.3, -0.25) is 9.59 Å². The Hall–Kier alpha value is -3.31. The van der Waals surface area contributed by atoms with E-state index in [9.17, 15) is 9.59 Å². The number of amides is 2. The van der Waals surface area contributed by atoms with Gasteiger partial charge in [0.15, 0.2) is 0 Å². The predicted octanol–water partition coefficient (Wildman–Crippen LogP) is 4.97. The molecule has 1 aliphatic heterocycles. The van der Waals surface area contributed by atoms with Crippen molar-refractivity contribution >= 4 is 23.4 Å². The second kappa shape index (κ2) is 10.3. The van der Waals surface area contributed by atoms with E-state index in [4.69, 9.17) is 16.3 Å². The lowest BCUT2D eigenvalue weighted by atomic mass is 10.1. The first kappa shape index (κ1) is 21.9. The standard InChI is InChI=1S/C26H25ClN2O3/c27-24-12-4-3-9-22(24)18-32-23-11-5-10-19(15-23)26(31)28-16-20-7-1-2-8-21(20)17-29-14-6-13-25(29)30/h1-5,7-12,15H,6,13-14,16-18H2,(H,28,31). The van der Waals surface area contributed by atoms with Gasteiger partial charge >= 0.3 is 0 Å². The summed E-state index contributed by atoms with van der Waals surface area (Å²) in [7, 11) is 0. The molecule has 5 nitrogen and oxygen atoms in total. The summed E-state index contributed by atoms with van der Waals surface area (Å²) in [5.41, 5.74) is 3.47. The van der Waals surface area contributed by atoms with E-state index >= 15 is 0 Å². The average molecular weight is 449 g/mol. The molecule has 32 heavy (non-hydrogen) atoms. The molecule has 0 unspecified atom stereocenters. The van der Waals surface area contributed by atoms with Gasteiger partial charge in [0.2, 0.25) is 5.91 Å². The molecule has 1 N–H and O–H groups in total. The van der Waals surface area contributed by atoms with Crippen LogP contribution in [0, 0.1) is 0 Å². The Bertz CT molecular complexity index is 1120. The highest BCUT2D eigenvalue weighted by Gasteiger charge is 2.21. The van der Waals surface area contributed by atoms with E-state index in [1.165, 1.54) is 0 Å². The molecule has 0 saturated carbocycles. The third-order valence-electron chi connectivity index (χ3n) is 5.54. The van der Waals surface area contributed by atoms with Crippen molar-refractivity contribution in [3.8, 4) is 5.75 Å². The number of nitrogens with one attached hydrogen (secondary N) is 1. The number of rotatable bonds is 8. The molecule has 164 valence electrons. The van der Waals surface area contributed by atoms with Gasteiger partial charge in [0.25, 0.3) is 5.91 Å². The molecule has 0 bridgehead atoms. The van der Waals surface area contributed by atoms with Crippen LogP contribution in [0.4, 0.5) is 0 Å². The van der Waals surface area contributed by atoms with Crippen molar-refractivity contribution in [2.45, 2.75) is 32.5 Å². The van der Waals surface area contributed by atoms with E-state index < -0.39 is 0 Å². The number of halogens is 1. The number of ether oxygens (including phenoxy) is 1. The highest BCUT2D eigenvalue weighted by Crippen LogP contribution is 2.20. The lowest BCUT2D eigenvalue weighted by molar-refractivity contribution is -0.128. The molecule has 0 atom stereocenters. The van der Waals surface area contributed by atoms with Crippen LogP contribution in [0.3, 0.4) is 0 Å². The highest BCUT2D eigenvalue weighted by molar-refractivity contribution is 6.31. The summed E-state index contributed by atoms with van der Waals surface area (Å²) in [4.78, 5) is 26.6. The molecule has 1 heterocycles. The molecular weight excluding hydrogens is 424 g/mol. The van der Waals surface area contributed by atoms with Crippen LogP contribution in [-0.4, -0.2) is 23.3 Å². The molecule has 2 amide bonds.